The number of hydrogen-bond donors (Lipinski definition) is 0. The Morgan fingerprint density at radius 1 is 1.10 bits per heavy atom. The lowest BCUT2D eigenvalue weighted by atomic mass is 10.3. The summed E-state index contributed by atoms with van der Waals surface area (Å²) in [6.07, 6.45) is 1.92. The molecule has 0 saturated carbocycles. The van der Waals surface area contributed by atoms with Crippen molar-refractivity contribution in [2.75, 3.05) is 17.6 Å². The molecule has 0 aliphatic heterocycles. The largest absolute Gasteiger partial charge is 0.269 e. The van der Waals surface area contributed by atoms with E-state index in [4.69, 9.17) is 0 Å². The van der Waals surface area contributed by atoms with E-state index in [9.17, 15) is 12.8 Å². The topological polar surface area (TPSA) is 37.4 Å². The third-order valence-corrected chi connectivity index (χ3v) is 5.43. The highest BCUT2D eigenvalue weighted by Crippen LogP contribution is 2.24. The van der Waals surface area contributed by atoms with E-state index >= 15 is 0 Å². The van der Waals surface area contributed by atoms with Crippen molar-refractivity contribution in [2.24, 2.45) is 0 Å². The molecule has 0 radical (unpaired) electrons. The Balaban J connectivity index is 2.38. The number of sulfonamides is 1. The van der Waals surface area contributed by atoms with Crippen LogP contribution in [0, 0.1) is 5.82 Å². The Bertz CT molecular complexity index is 699. The van der Waals surface area contributed by atoms with Gasteiger partial charge in [0.15, 0.2) is 0 Å². The zero-order chi connectivity index (χ0) is 14.8. The smallest absolute Gasteiger partial charge is 0.264 e. The molecular weight excluding hydrogens is 297 g/mol. The van der Waals surface area contributed by atoms with Gasteiger partial charge in [-0.05, 0) is 48.7 Å². The summed E-state index contributed by atoms with van der Waals surface area (Å²) in [7, 11) is -2.27. The lowest BCUT2D eigenvalue weighted by Gasteiger charge is -2.19. The van der Waals surface area contributed by atoms with Crippen LogP contribution in [0.2, 0.25) is 0 Å². The van der Waals surface area contributed by atoms with Crippen molar-refractivity contribution in [3.63, 3.8) is 0 Å². The third-order valence-electron chi connectivity index (χ3n) is 2.89. The molecule has 6 heteroatoms. The Kier molecular flexibility index (Phi) is 4.35. The van der Waals surface area contributed by atoms with Gasteiger partial charge in [-0.15, -0.1) is 11.8 Å². The van der Waals surface area contributed by atoms with E-state index in [1.165, 1.54) is 37.0 Å². The first-order valence-electron chi connectivity index (χ1n) is 5.83. The van der Waals surface area contributed by atoms with Crippen molar-refractivity contribution in [2.45, 2.75) is 9.79 Å². The number of nitrogens with zero attached hydrogens (tertiary/aromatic N) is 1. The third kappa shape index (κ3) is 2.96. The van der Waals surface area contributed by atoms with Crippen LogP contribution in [0.4, 0.5) is 10.1 Å². The van der Waals surface area contributed by atoms with Crippen molar-refractivity contribution in [3.8, 4) is 0 Å². The molecule has 106 valence electrons. The molecule has 20 heavy (non-hydrogen) atoms. The van der Waals surface area contributed by atoms with E-state index in [0.717, 1.165) is 9.20 Å². The Labute approximate surface area is 122 Å². The highest BCUT2D eigenvalue weighted by molar-refractivity contribution is 7.98. The van der Waals surface area contributed by atoms with Gasteiger partial charge < -0.3 is 0 Å². The van der Waals surface area contributed by atoms with Crippen LogP contribution >= 0.6 is 11.8 Å². The summed E-state index contributed by atoms with van der Waals surface area (Å²) in [6.45, 7) is 0. The molecule has 0 N–H and O–H groups in total. The van der Waals surface area contributed by atoms with E-state index < -0.39 is 15.8 Å². The van der Waals surface area contributed by atoms with Crippen LogP contribution in [-0.4, -0.2) is 21.7 Å². The highest BCUT2D eigenvalue weighted by atomic mass is 32.2. The summed E-state index contributed by atoms with van der Waals surface area (Å²) in [6, 6.07) is 12.1. The number of thioether (sulfide) groups is 1. The number of anilines is 1. The number of benzene rings is 2. The molecule has 2 rings (SSSR count). The molecule has 0 bridgehead atoms. The zero-order valence-corrected chi connectivity index (χ0v) is 12.7. The highest BCUT2D eigenvalue weighted by Gasteiger charge is 2.21. The number of halogens is 1. The Morgan fingerprint density at radius 3 is 2.30 bits per heavy atom. The van der Waals surface area contributed by atoms with Crippen molar-refractivity contribution in [1.29, 1.82) is 0 Å². The molecule has 2 aromatic rings. The van der Waals surface area contributed by atoms with E-state index in [0.29, 0.717) is 5.69 Å². The SMILES string of the molecule is CSc1ccc(S(=O)(=O)N(C)c2cccc(F)c2)cc1. The van der Waals surface area contributed by atoms with E-state index in [-0.39, 0.29) is 4.90 Å². The molecule has 0 aromatic heterocycles. The maximum Gasteiger partial charge on any atom is 0.264 e. The van der Waals surface area contributed by atoms with Gasteiger partial charge in [-0.2, -0.15) is 0 Å². The Morgan fingerprint density at radius 2 is 1.75 bits per heavy atom. The van der Waals surface area contributed by atoms with Crippen LogP contribution in [0.1, 0.15) is 0 Å². The van der Waals surface area contributed by atoms with Gasteiger partial charge >= 0.3 is 0 Å². The second-order valence-electron chi connectivity index (χ2n) is 4.13. The van der Waals surface area contributed by atoms with Gasteiger partial charge in [0.2, 0.25) is 0 Å². The second-order valence-corrected chi connectivity index (χ2v) is 6.98. The monoisotopic (exact) mass is 311 g/mol. The average molecular weight is 311 g/mol. The fraction of sp³-hybridized carbons (Fsp3) is 0.143. The maximum absolute atomic E-state index is 13.2. The van der Waals surface area contributed by atoms with Crippen molar-refractivity contribution in [3.05, 3.63) is 54.3 Å². The summed E-state index contributed by atoms with van der Waals surface area (Å²) in [5, 5.41) is 0. The first kappa shape index (κ1) is 14.9. The lowest BCUT2D eigenvalue weighted by molar-refractivity contribution is 0.594. The molecule has 0 heterocycles. The van der Waals surface area contributed by atoms with Gasteiger partial charge in [-0.1, -0.05) is 6.07 Å². The maximum atomic E-state index is 13.2. The fourth-order valence-electron chi connectivity index (χ4n) is 1.72. The summed E-state index contributed by atoms with van der Waals surface area (Å²) >= 11 is 1.54. The van der Waals surface area contributed by atoms with Crippen molar-refractivity contribution in [1.82, 2.24) is 0 Å². The van der Waals surface area contributed by atoms with Crippen LogP contribution in [-0.2, 0) is 10.0 Å². The number of rotatable bonds is 4. The van der Waals surface area contributed by atoms with Crippen molar-refractivity contribution < 1.29 is 12.8 Å². The molecular formula is C14H14FNO2S2. The Hall–Kier alpha value is -1.53. The predicted octanol–water partition coefficient (Wildman–Crippen LogP) is 3.37. The standard InChI is InChI=1S/C14H14FNO2S2/c1-16(12-5-3-4-11(15)10-12)20(17,18)14-8-6-13(19-2)7-9-14/h3-10H,1-2H3. The zero-order valence-electron chi connectivity index (χ0n) is 11.1. The van der Waals surface area contributed by atoms with Gasteiger partial charge in [-0.3, -0.25) is 4.31 Å². The lowest BCUT2D eigenvalue weighted by Crippen LogP contribution is -2.26. The molecule has 0 aliphatic rings. The predicted molar refractivity (Wildman–Crippen MR) is 80.2 cm³/mol. The van der Waals surface area contributed by atoms with Gasteiger partial charge in [0, 0.05) is 11.9 Å². The minimum Gasteiger partial charge on any atom is -0.269 e. The van der Waals surface area contributed by atoms with Crippen LogP contribution in [0.5, 0.6) is 0 Å². The van der Waals surface area contributed by atoms with Crippen LogP contribution in [0.25, 0.3) is 0 Å². The normalized spacial score (nSPS) is 11.3. The molecule has 0 unspecified atom stereocenters. The first-order valence-corrected chi connectivity index (χ1v) is 8.50. The molecule has 0 atom stereocenters. The van der Waals surface area contributed by atoms with Crippen LogP contribution in [0.15, 0.2) is 58.3 Å². The van der Waals surface area contributed by atoms with E-state index in [1.54, 1.807) is 30.3 Å². The van der Waals surface area contributed by atoms with Gasteiger partial charge in [-0.25, -0.2) is 12.8 Å². The van der Waals surface area contributed by atoms with Crippen molar-refractivity contribution >= 4 is 27.5 Å². The molecule has 0 spiro atoms. The summed E-state index contributed by atoms with van der Waals surface area (Å²) in [5.74, 6) is -0.470. The van der Waals surface area contributed by atoms with Gasteiger partial charge in [0.05, 0.1) is 10.6 Å². The van der Waals surface area contributed by atoms with E-state index in [1.807, 2.05) is 6.26 Å². The van der Waals surface area contributed by atoms with Gasteiger partial charge in [0.1, 0.15) is 5.82 Å². The van der Waals surface area contributed by atoms with E-state index in [2.05, 4.69) is 0 Å². The summed E-state index contributed by atoms with van der Waals surface area (Å²) in [4.78, 5) is 1.17. The molecule has 0 fully saturated rings. The number of hydrogen-bond acceptors (Lipinski definition) is 3. The molecule has 0 aliphatic carbocycles. The first-order chi connectivity index (χ1) is 9.45. The molecule has 0 amide bonds. The summed E-state index contributed by atoms with van der Waals surface area (Å²) in [5.41, 5.74) is 0.291. The fourth-order valence-corrected chi connectivity index (χ4v) is 3.31. The minimum absolute atomic E-state index is 0.182. The molecule has 2 aromatic carbocycles. The van der Waals surface area contributed by atoms with Crippen LogP contribution < -0.4 is 4.31 Å². The van der Waals surface area contributed by atoms with Crippen LogP contribution in [0.3, 0.4) is 0 Å². The average Bonchev–Trinajstić information content (AvgIpc) is 2.46. The van der Waals surface area contributed by atoms with Gasteiger partial charge in [0.25, 0.3) is 10.0 Å². The summed E-state index contributed by atoms with van der Waals surface area (Å²) < 4.78 is 39.1. The molecule has 0 saturated heterocycles. The minimum atomic E-state index is -3.68. The quantitative estimate of drug-likeness (QED) is 0.812. The molecule has 3 nitrogen and oxygen atoms in total. The second kappa shape index (κ2) is 5.85.